The molecule has 45 heavy (non-hydrogen) atoms. The number of carbonyl (C=O) groups excluding carboxylic acids is 5. The highest BCUT2D eigenvalue weighted by Gasteiger charge is 2.84. The molecule has 1 aliphatic heterocycles. The number of fused-ring (bicyclic) bond motifs is 1. The SMILES string of the molecule is COC(=O)[C@@H]1[C@H](OC(C)=O)C[C@](C)(O)[C@@]23C[C@@H]([C@@H](OC(=O)C(C)(C)O)[C@@H](OC(C)=O)[C@]12COC(=O)c1ccccc1)C(C)(C)O3. The summed E-state index contributed by atoms with van der Waals surface area (Å²) in [6.45, 7) is 8.76. The highest BCUT2D eigenvalue weighted by atomic mass is 16.6. The third kappa shape index (κ3) is 5.70. The minimum atomic E-state index is -2.08. The maximum Gasteiger partial charge on any atom is 0.338 e. The van der Waals surface area contributed by atoms with Gasteiger partial charge in [-0.3, -0.25) is 14.4 Å². The Balaban J connectivity index is 2.06. The van der Waals surface area contributed by atoms with Gasteiger partial charge in [-0.1, -0.05) is 18.2 Å². The molecule has 1 saturated heterocycles. The van der Waals surface area contributed by atoms with Gasteiger partial charge in [-0.05, 0) is 53.2 Å². The summed E-state index contributed by atoms with van der Waals surface area (Å²) >= 11 is 0. The van der Waals surface area contributed by atoms with Crippen molar-refractivity contribution in [3.63, 3.8) is 0 Å². The van der Waals surface area contributed by atoms with Crippen LogP contribution in [0.2, 0.25) is 0 Å². The average Bonchev–Trinajstić information content (AvgIpc) is 3.20. The molecule has 1 aromatic carbocycles. The first-order chi connectivity index (χ1) is 20.7. The normalized spacial score (nSPS) is 34.9. The first-order valence-electron chi connectivity index (χ1n) is 14.7. The summed E-state index contributed by atoms with van der Waals surface area (Å²) in [4.78, 5) is 65.8. The van der Waals surface area contributed by atoms with E-state index in [9.17, 15) is 34.2 Å². The zero-order chi connectivity index (χ0) is 33.8. The first-order valence-corrected chi connectivity index (χ1v) is 14.7. The number of methoxy groups -OCH3 is 1. The van der Waals surface area contributed by atoms with E-state index >= 15 is 0 Å². The lowest BCUT2D eigenvalue weighted by Gasteiger charge is -2.65. The molecule has 13 nitrogen and oxygen atoms in total. The maximum atomic E-state index is 13.9. The number of hydrogen-bond acceptors (Lipinski definition) is 13. The van der Waals surface area contributed by atoms with Gasteiger partial charge >= 0.3 is 29.8 Å². The minimum Gasteiger partial charge on any atom is -0.469 e. The fraction of sp³-hybridized carbons (Fsp3) is 0.656. The minimum absolute atomic E-state index is 0.0717. The molecular weight excluding hydrogens is 592 g/mol. The van der Waals surface area contributed by atoms with Crippen LogP contribution < -0.4 is 0 Å². The van der Waals surface area contributed by atoms with Crippen LogP contribution in [0.4, 0.5) is 0 Å². The van der Waals surface area contributed by atoms with Crippen molar-refractivity contribution in [1.82, 2.24) is 0 Å². The van der Waals surface area contributed by atoms with Crippen LogP contribution in [0.1, 0.15) is 71.7 Å². The summed E-state index contributed by atoms with van der Waals surface area (Å²) in [6.07, 6.45) is -4.80. The molecule has 1 heterocycles. The summed E-state index contributed by atoms with van der Waals surface area (Å²) in [5, 5.41) is 22.9. The van der Waals surface area contributed by atoms with Crippen molar-refractivity contribution in [2.24, 2.45) is 17.3 Å². The first kappa shape index (κ1) is 34.3. The quantitative estimate of drug-likeness (QED) is 0.313. The molecule has 248 valence electrons. The van der Waals surface area contributed by atoms with Gasteiger partial charge in [0.05, 0.1) is 29.3 Å². The lowest BCUT2D eigenvalue weighted by Crippen LogP contribution is -2.80. The molecule has 2 saturated carbocycles. The topological polar surface area (TPSA) is 181 Å². The van der Waals surface area contributed by atoms with E-state index in [1.165, 1.54) is 32.9 Å². The van der Waals surface area contributed by atoms with Gasteiger partial charge in [0.2, 0.25) is 0 Å². The number of aliphatic hydroxyl groups is 2. The van der Waals surface area contributed by atoms with E-state index in [1.807, 2.05) is 0 Å². The van der Waals surface area contributed by atoms with E-state index < -0.39 is 94.4 Å². The summed E-state index contributed by atoms with van der Waals surface area (Å²) in [6, 6.07) is 7.97. The van der Waals surface area contributed by atoms with Crippen molar-refractivity contribution in [2.75, 3.05) is 13.7 Å². The molecular formula is C32H42O13. The number of ether oxygens (including phenoxy) is 6. The van der Waals surface area contributed by atoms with E-state index in [0.29, 0.717) is 0 Å². The van der Waals surface area contributed by atoms with Gasteiger partial charge in [-0.25, -0.2) is 9.59 Å². The zero-order valence-electron chi connectivity index (χ0n) is 26.8. The van der Waals surface area contributed by atoms with E-state index in [0.717, 1.165) is 21.0 Å². The van der Waals surface area contributed by atoms with Gasteiger partial charge in [-0.15, -0.1) is 0 Å². The monoisotopic (exact) mass is 634 g/mol. The summed E-state index contributed by atoms with van der Waals surface area (Å²) < 4.78 is 35.4. The van der Waals surface area contributed by atoms with Crippen LogP contribution in [0, 0.1) is 17.3 Å². The van der Waals surface area contributed by atoms with Crippen LogP contribution >= 0.6 is 0 Å². The van der Waals surface area contributed by atoms with E-state index in [4.69, 9.17) is 28.4 Å². The van der Waals surface area contributed by atoms with Crippen molar-refractivity contribution < 1.29 is 62.6 Å². The fourth-order valence-corrected chi connectivity index (χ4v) is 7.62. The predicted octanol–water partition coefficient (Wildman–Crippen LogP) is 1.89. The fourth-order valence-electron chi connectivity index (χ4n) is 7.62. The second kappa shape index (κ2) is 11.7. The molecule has 1 spiro atoms. The van der Waals surface area contributed by atoms with Gasteiger partial charge in [0.15, 0.2) is 11.7 Å². The maximum absolute atomic E-state index is 13.9. The molecule has 3 fully saturated rings. The predicted molar refractivity (Wildman–Crippen MR) is 153 cm³/mol. The number of esters is 5. The Hall–Kier alpha value is -3.55. The van der Waals surface area contributed by atoms with Gasteiger partial charge in [0.25, 0.3) is 0 Å². The van der Waals surface area contributed by atoms with Crippen LogP contribution in [0.5, 0.6) is 0 Å². The zero-order valence-corrected chi connectivity index (χ0v) is 26.8. The van der Waals surface area contributed by atoms with E-state index in [-0.39, 0.29) is 18.4 Å². The third-order valence-electron chi connectivity index (χ3n) is 9.45. The Bertz CT molecular complexity index is 1350. The van der Waals surface area contributed by atoms with E-state index in [2.05, 4.69) is 0 Å². The molecule has 0 unspecified atom stereocenters. The van der Waals surface area contributed by atoms with Gasteiger partial charge in [0, 0.05) is 26.2 Å². The lowest BCUT2D eigenvalue weighted by molar-refractivity contribution is -0.331. The standard InChI is InChI=1S/C32H42O13/c1-17(33)42-21-15-30(7,39)32-14-20(29(5,6)45-32)23(44-27(37)28(3,4)38)24(43-18(2)34)31(32,22(21)26(36)40-8)16-41-25(35)19-12-10-9-11-13-19/h9-13,20-24,38-39H,14-16H2,1-8H3/t20-,21+,22-,23+,24+,30-,31-,32-/m0/s1. The van der Waals surface area contributed by atoms with Crippen molar-refractivity contribution in [1.29, 1.82) is 0 Å². The molecule has 3 aliphatic rings. The average molecular weight is 635 g/mol. The summed E-state index contributed by atoms with van der Waals surface area (Å²) in [5.74, 6) is -6.80. The summed E-state index contributed by atoms with van der Waals surface area (Å²) in [5.41, 5.74) is -8.83. The van der Waals surface area contributed by atoms with Crippen LogP contribution in [-0.2, 0) is 47.6 Å². The van der Waals surface area contributed by atoms with Crippen molar-refractivity contribution in [3.05, 3.63) is 35.9 Å². The number of carbonyl (C=O) groups is 5. The van der Waals surface area contributed by atoms with Crippen LogP contribution in [0.3, 0.4) is 0 Å². The highest BCUT2D eigenvalue weighted by Crippen LogP contribution is 2.70. The molecule has 0 aromatic heterocycles. The molecule has 4 rings (SSSR count). The molecule has 2 N–H and O–H groups in total. The summed E-state index contributed by atoms with van der Waals surface area (Å²) in [7, 11) is 1.11. The van der Waals surface area contributed by atoms with Crippen LogP contribution in [0.25, 0.3) is 0 Å². The molecule has 0 amide bonds. The van der Waals surface area contributed by atoms with Gasteiger partial charge in [0.1, 0.15) is 30.3 Å². The largest absolute Gasteiger partial charge is 0.469 e. The Morgan fingerprint density at radius 1 is 0.956 bits per heavy atom. The van der Waals surface area contributed by atoms with Gasteiger partial charge < -0.3 is 38.6 Å². The molecule has 8 atom stereocenters. The molecule has 0 radical (unpaired) electrons. The van der Waals surface area contributed by atoms with Crippen LogP contribution in [-0.4, -0.2) is 94.5 Å². The Kier molecular flexibility index (Phi) is 8.90. The number of benzene rings is 1. The molecule has 2 bridgehead atoms. The second-order valence-corrected chi connectivity index (χ2v) is 13.4. The Morgan fingerprint density at radius 3 is 2.09 bits per heavy atom. The van der Waals surface area contributed by atoms with E-state index in [1.54, 1.807) is 32.0 Å². The smallest absolute Gasteiger partial charge is 0.338 e. The third-order valence-corrected chi connectivity index (χ3v) is 9.45. The Labute approximate surface area is 261 Å². The molecule has 13 heteroatoms. The number of hydrogen-bond donors (Lipinski definition) is 2. The number of rotatable bonds is 8. The molecule has 1 aromatic rings. The van der Waals surface area contributed by atoms with Crippen molar-refractivity contribution in [3.8, 4) is 0 Å². The second-order valence-electron chi connectivity index (χ2n) is 13.4. The van der Waals surface area contributed by atoms with Crippen LogP contribution in [0.15, 0.2) is 30.3 Å². The van der Waals surface area contributed by atoms with Crippen molar-refractivity contribution in [2.45, 2.75) is 102 Å². The van der Waals surface area contributed by atoms with Gasteiger partial charge in [-0.2, -0.15) is 0 Å². The Morgan fingerprint density at radius 2 is 1.56 bits per heavy atom. The molecule has 2 aliphatic carbocycles. The lowest BCUT2D eigenvalue weighted by atomic mass is 9.44. The highest BCUT2D eigenvalue weighted by molar-refractivity contribution is 5.89. The van der Waals surface area contributed by atoms with Crippen molar-refractivity contribution >= 4 is 29.8 Å².